The molecule has 0 radical (unpaired) electrons. The highest BCUT2D eigenvalue weighted by Gasteiger charge is 2.31. The van der Waals surface area contributed by atoms with E-state index in [1.54, 1.807) is 0 Å². The number of halogens is 3. The molecule has 3 aromatic rings. The second kappa shape index (κ2) is 8.28. The number of nitrogens with zero attached hydrogens (tertiary/aromatic N) is 2. The predicted molar refractivity (Wildman–Crippen MR) is 117 cm³/mol. The maximum absolute atomic E-state index is 12.8. The molecule has 0 saturated carbocycles. The zero-order valence-electron chi connectivity index (χ0n) is 15.6. The van der Waals surface area contributed by atoms with Crippen LogP contribution in [0.3, 0.4) is 0 Å². The van der Waals surface area contributed by atoms with E-state index in [1.165, 1.54) is 24.3 Å². The zero-order chi connectivity index (χ0) is 21.3. The first-order valence-corrected chi connectivity index (χ1v) is 11.5. The van der Waals surface area contributed by atoms with Crippen LogP contribution >= 0.6 is 15.9 Å². The molecule has 0 fully saturated rings. The largest absolute Gasteiger partial charge is 0.341 e. The lowest BCUT2D eigenvalue weighted by molar-refractivity contribution is 0.234. The van der Waals surface area contributed by atoms with E-state index in [9.17, 15) is 17.2 Å². The van der Waals surface area contributed by atoms with Gasteiger partial charge >= 0.3 is 5.76 Å². The van der Waals surface area contributed by atoms with Crippen LogP contribution in [0, 0.1) is 0 Å². The van der Waals surface area contributed by atoms with Gasteiger partial charge in [0.05, 0.1) is 22.3 Å². The molecule has 1 unspecified atom stereocenters. The van der Waals surface area contributed by atoms with Crippen molar-refractivity contribution in [2.45, 2.75) is 23.1 Å². The topological polar surface area (TPSA) is 49.7 Å². The smallest absolute Gasteiger partial charge is 0.257 e. The molecular weight excluding hydrogens is 474 g/mol. The van der Waals surface area contributed by atoms with Crippen molar-refractivity contribution in [1.29, 1.82) is 0 Å². The lowest BCUT2D eigenvalue weighted by atomic mass is 9.98. The Bertz CT molecular complexity index is 1170. The van der Waals surface area contributed by atoms with Gasteiger partial charge in [-0.1, -0.05) is 58.4 Å². The Morgan fingerprint density at radius 2 is 1.57 bits per heavy atom. The van der Waals surface area contributed by atoms with Gasteiger partial charge in [-0.15, -0.1) is 0 Å². The molecule has 0 spiro atoms. The fraction of sp³-hybridized carbons (Fsp3) is 0.136. The highest BCUT2D eigenvalue weighted by Crippen LogP contribution is 2.37. The molecule has 30 heavy (non-hydrogen) atoms. The average Bonchev–Trinajstić information content (AvgIpc) is 3.20. The second-order valence-corrected chi connectivity index (χ2v) is 9.66. The van der Waals surface area contributed by atoms with Crippen LogP contribution in [-0.4, -0.2) is 19.9 Å². The van der Waals surface area contributed by atoms with Gasteiger partial charge in [-0.05, 0) is 47.5 Å². The molecule has 4 nitrogen and oxygen atoms in total. The number of hydrazone groups is 1. The van der Waals surface area contributed by atoms with E-state index in [-0.39, 0.29) is 6.04 Å². The van der Waals surface area contributed by atoms with E-state index in [2.05, 4.69) is 15.9 Å². The molecule has 8 heteroatoms. The summed E-state index contributed by atoms with van der Waals surface area (Å²) in [4.78, 5) is -0.408. The number of anilines is 1. The molecule has 0 aromatic heterocycles. The van der Waals surface area contributed by atoms with Crippen molar-refractivity contribution in [2.75, 3.05) is 5.01 Å². The van der Waals surface area contributed by atoms with Crippen LogP contribution in [0.15, 0.2) is 93.3 Å². The number of sulfone groups is 1. The monoisotopic (exact) mass is 490 g/mol. The summed E-state index contributed by atoms with van der Waals surface area (Å²) in [5.41, 5.74) is 3.56. The van der Waals surface area contributed by atoms with Crippen molar-refractivity contribution < 1.29 is 17.2 Å². The highest BCUT2D eigenvalue weighted by molar-refractivity contribution is 9.10. The van der Waals surface area contributed by atoms with Crippen molar-refractivity contribution in [3.8, 4) is 0 Å². The SMILES string of the molecule is O=S(=O)(c1ccc(N2N=C(c3ccc(Br)cc3)CC2c2ccccc2)cc1)C(F)F. The van der Waals surface area contributed by atoms with Crippen molar-refractivity contribution in [3.63, 3.8) is 0 Å². The molecule has 0 aliphatic carbocycles. The van der Waals surface area contributed by atoms with Crippen LogP contribution in [-0.2, 0) is 9.84 Å². The molecule has 4 rings (SSSR count). The third-order valence-corrected chi connectivity index (χ3v) is 6.86. The van der Waals surface area contributed by atoms with Crippen molar-refractivity contribution in [1.82, 2.24) is 0 Å². The third-order valence-electron chi connectivity index (χ3n) is 4.94. The van der Waals surface area contributed by atoms with E-state index < -0.39 is 20.5 Å². The minimum absolute atomic E-state index is 0.0950. The summed E-state index contributed by atoms with van der Waals surface area (Å²) >= 11 is 3.43. The number of hydrogen-bond acceptors (Lipinski definition) is 4. The molecule has 0 bridgehead atoms. The predicted octanol–water partition coefficient (Wildman–Crippen LogP) is 5.80. The Kier molecular flexibility index (Phi) is 5.71. The number of hydrogen-bond donors (Lipinski definition) is 0. The summed E-state index contributed by atoms with van der Waals surface area (Å²) in [6, 6.07) is 23.0. The summed E-state index contributed by atoms with van der Waals surface area (Å²) < 4.78 is 50.1. The molecule has 0 amide bonds. The fourth-order valence-corrected chi connectivity index (χ4v) is 4.38. The van der Waals surface area contributed by atoms with Crippen molar-refractivity contribution in [3.05, 3.63) is 94.5 Å². The summed E-state index contributed by atoms with van der Waals surface area (Å²) in [5.74, 6) is -3.45. The Labute approximate surface area is 181 Å². The van der Waals surface area contributed by atoms with Gasteiger partial charge in [0, 0.05) is 10.9 Å². The fourth-order valence-electron chi connectivity index (χ4n) is 3.39. The first-order chi connectivity index (χ1) is 14.4. The minimum Gasteiger partial charge on any atom is -0.257 e. The third kappa shape index (κ3) is 4.02. The number of benzene rings is 3. The summed E-state index contributed by atoms with van der Waals surface area (Å²) in [5, 5.41) is 6.59. The quantitative estimate of drug-likeness (QED) is 0.453. The van der Waals surface area contributed by atoms with Gasteiger partial charge in [0.2, 0.25) is 9.84 Å². The Morgan fingerprint density at radius 3 is 2.17 bits per heavy atom. The van der Waals surface area contributed by atoms with E-state index in [0.29, 0.717) is 12.1 Å². The zero-order valence-corrected chi connectivity index (χ0v) is 18.0. The molecule has 1 atom stereocenters. The lowest BCUT2D eigenvalue weighted by Crippen LogP contribution is -2.18. The standard InChI is InChI=1S/C22H17BrF2N2O2S/c23-17-8-6-15(7-9-17)20-14-21(16-4-2-1-3-5-16)27(26-20)18-10-12-19(13-11-18)30(28,29)22(24)25/h1-13,21-22H,14H2. The number of alkyl halides is 2. The molecular formula is C22H17BrF2N2O2S. The Hall–Kier alpha value is -2.58. The van der Waals surface area contributed by atoms with Gasteiger partial charge in [0.1, 0.15) is 0 Å². The molecule has 154 valence electrons. The van der Waals surface area contributed by atoms with Crippen LogP contribution in [0.25, 0.3) is 0 Å². The molecule has 0 N–H and O–H groups in total. The minimum atomic E-state index is -4.63. The summed E-state index contributed by atoms with van der Waals surface area (Å²) in [6.45, 7) is 0. The van der Waals surface area contributed by atoms with Gasteiger partial charge < -0.3 is 0 Å². The van der Waals surface area contributed by atoms with Crippen LogP contribution in [0.5, 0.6) is 0 Å². The van der Waals surface area contributed by atoms with E-state index in [1.807, 2.05) is 59.6 Å². The second-order valence-electron chi connectivity index (χ2n) is 6.83. The van der Waals surface area contributed by atoms with Gasteiger partial charge in [0.15, 0.2) is 0 Å². The van der Waals surface area contributed by atoms with Gasteiger partial charge in [-0.2, -0.15) is 13.9 Å². The highest BCUT2D eigenvalue weighted by atomic mass is 79.9. The van der Waals surface area contributed by atoms with E-state index in [0.717, 1.165) is 21.3 Å². The van der Waals surface area contributed by atoms with Crippen LogP contribution in [0.2, 0.25) is 0 Å². The van der Waals surface area contributed by atoms with Gasteiger partial charge in [0.25, 0.3) is 0 Å². The van der Waals surface area contributed by atoms with Crippen molar-refractivity contribution >= 4 is 37.2 Å². The van der Waals surface area contributed by atoms with Crippen LogP contribution in [0.1, 0.15) is 23.6 Å². The molecule has 3 aromatic carbocycles. The Balaban J connectivity index is 1.72. The summed E-state index contributed by atoms with van der Waals surface area (Å²) in [7, 11) is -4.63. The Morgan fingerprint density at radius 1 is 0.933 bits per heavy atom. The maximum atomic E-state index is 12.8. The molecule has 1 heterocycles. The van der Waals surface area contributed by atoms with E-state index in [4.69, 9.17) is 5.10 Å². The maximum Gasteiger partial charge on any atom is 0.341 e. The van der Waals surface area contributed by atoms with Gasteiger partial charge in [-0.25, -0.2) is 8.42 Å². The number of rotatable bonds is 5. The van der Waals surface area contributed by atoms with Crippen molar-refractivity contribution in [2.24, 2.45) is 5.10 Å². The first-order valence-electron chi connectivity index (χ1n) is 9.16. The molecule has 1 aliphatic rings. The van der Waals surface area contributed by atoms with E-state index >= 15 is 0 Å². The van der Waals surface area contributed by atoms with Crippen LogP contribution in [0.4, 0.5) is 14.5 Å². The molecule has 1 aliphatic heterocycles. The normalized spacial score (nSPS) is 16.7. The average molecular weight is 491 g/mol. The lowest BCUT2D eigenvalue weighted by Gasteiger charge is -2.24. The van der Waals surface area contributed by atoms with Gasteiger partial charge in [-0.3, -0.25) is 5.01 Å². The first kappa shape index (κ1) is 20.7. The van der Waals surface area contributed by atoms with Crippen LogP contribution < -0.4 is 5.01 Å². The summed E-state index contributed by atoms with van der Waals surface area (Å²) in [6.07, 6.45) is 0.655. The molecule has 0 saturated heterocycles.